The Morgan fingerprint density at radius 2 is 1.78 bits per heavy atom. The van der Waals surface area contributed by atoms with Gasteiger partial charge in [0.1, 0.15) is 11.5 Å². The average Bonchev–Trinajstić information content (AvgIpc) is 2.29. The first-order valence-electron chi connectivity index (χ1n) is 5.90. The second kappa shape index (κ2) is 10.3. The molecule has 3 N–H and O–H groups in total. The summed E-state index contributed by atoms with van der Waals surface area (Å²) in [6.07, 6.45) is 3.05. The number of benzene rings is 1. The van der Waals surface area contributed by atoms with E-state index in [1.54, 1.807) is 6.07 Å². The molecule has 102 valence electrons. The largest absolute Gasteiger partial charge is 0.508 e. The summed E-state index contributed by atoms with van der Waals surface area (Å²) in [6.45, 7) is 2.45. The molecular formula is C13H20O5. The fourth-order valence-electron chi connectivity index (χ4n) is 1.18. The Morgan fingerprint density at radius 3 is 2.17 bits per heavy atom. The molecule has 0 saturated carbocycles. The molecule has 1 aromatic carbocycles. The van der Waals surface area contributed by atoms with Gasteiger partial charge in [0.2, 0.25) is 0 Å². The van der Waals surface area contributed by atoms with Gasteiger partial charge in [0.05, 0.1) is 6.61 Å². The highest BCUT2D eigenvalue weighted by atomic mass is 16.7. The van der Waals surface area contributed by atoms with Gasteiger partial charge >= 0.3 is 6.16 Å². The van der Waals surface area contributed by atoms with Crippen molar-refractivity contribution in [1.82, 2.24) is 0 Å². The van der Waals surface area contributed by atoms with E-state index in [0.717, 1.165) is 25.7 Å². The minimum absolute atomic E-state index is 0.0880. The van der Waals surface area contributed by atoms with Crippen LogP contribution in [0.25, 0.3) is 0 Å². The number of carbonyl (C=O) groups is 1. The lowest BCUT2D eigenvalue weighted by molar-refractivity contribution is 0.0900. The van der Waals surface area contributed by atoms with Gasteiger partial charge in [0.15, 0.2) is 0 Å². The molecular weight excluding hydrogens is 236 g/mol. The summed E-state index contributed by atoms with van der Waals surface area (Å²) < 4.78 is 4.31. The highest BCUT2D eigenvalue weighted by Gasteiger charge is 1.93. The Morgan fingerprint density at radius 1 is 1.17 bits per heavy atom. The smallest absolute Gasteiger partial charge is 0.505 e. The third-order valence-electron chi connectivity index (χ3n) is 2.05. The van der Waals surface area contributed by atoms with E-state index >= 15 is 0 Å². The van der Waals surface area contributed by atoms with Crippen LogP contribution in [0, 0.1) is 0 Å². The Labute approximate surface area is 107 Å². The van der Waals surface area contributed by atoms with Crippen molar-refractivity contribution in [2.24, 2.45) is 0 Å². The molecule has 0 aliphatic carbocycles. The van der Waals surface area contributed by atoms with Crippen molar-refractivity contribution in [1.29, 1.82) is 0 Å². The molecule has 0 aliphatic heterocycles. The van der Waals surface area contributed by atoms with Crippen LogP contribution in [0.3, 0.4) is 0 Å². The molecule has 0 spiro atoms. The summed E-state index contributed by atoms with van der Waals surface area (Å²) in [4.78, 5) is 9.81. The van der Waals surface area contributed by atoms with E-state index < -0.39 is 6.16 Å². The second-order valence-electron chi connectivity index (χ2n) is 3.69. The number of hydrogen-bond acceptors (Lipinski definition) is 4. The van der Waals surface area contributed by atoms with Gasteiger partial charge in [0.25, 0.3) is 0 Å². The molecule has 0 heterocycles. The van der Waals surface area contributed by atoms with Crippen LogP contribution < -0.4 is 0 Å². The van der Waals surface area contributed by atoms with Crippen LogP contribution in [0.5, 0.6) is 11.5 Å². The maximum atomic E-state index is 9.81. The fraction of sp³-hybridized carbons (Fsp3) is 0.462. The van der Waals surface area contributed by atoms with Crippen LogP contribution in [0.1, 0.15) is 32.6 Å². The van der Waals surface area contributed by atoms with E-state index in [1.807, 2.05) is 0 Å². The molecule has 0 aliphatic rings. The molecule has 0 aromatic heterocycles. The minimum Gasteiger partial charge on any atom is -0.508 e. The third kappa shape index (κ3) is 10.6. The van der Waals surface area contributed by atoms with E-state index in [9.17, 15) is 4.79 Å². The lowest BCUT2D eigenvalue weighted by Gasteiger charge is -1.98. The van der Waals surface area contributed by atoms with Gasteiger partial charge in [-0.1, -0.05) is 32.3 Å². The molecule has 0 fully saturated rings. The maximum Gasteiger partial charge on any atom is 0.505 e. The Balaban J connectivity index is 0.000000327. The summed E-state index contributed by atoms with van der Waals surface area (Å²) in [6, 6.07) is 5.85. The lowest BCUT2D eigenvalue weighted by atomic mass is 10.2. The van der Waals surface area contributed by atoms with Gasteiger partial charge in [-0.05, 0) is 18.6 Å². The SMILES string of the molecule is CCCCCCOC(=O)O.Oc1cccc(O)c1. The topological polar surface area (TPSA) is 87.0 Å². The zero-order valence-corrected chi connectivity index (χ0v) is 10.5. The highest BCUT2D eigenvalue weighted by molar-refractivity contribution is 5.56. The summed E-state index contributed by atoms with van der Waals surface area (Å²) in [5.74, 6) is 0.176. The van der Waals surface area contributed by atoms with Crippen molar-refractivity contribution >= 4 is 6.16 Å². The molecule has 1 aromatic rings. The summed E-state index contributed by atoms with van der Waals surface area (Å²) >= 11 is 0. The minimum atomic E-state index is -1.17. The molecule has 18 heavy (non-hydrogen) atoms. The molecule has 5 heteroatoms. The average molecular weight is 256 g/mol. The lowest BCUT2D eigenvalue weighted by Crippen LogP contribution is -2.01. The fourth-order valence-corrected chi connectivity index (χ4v) is 1.18. The Kier molecular flexibility index (Phi) is 9.17. The molecule has 0 radical (unpaired) electrons. The number of unbranched alkanes of at least 4 members (excludes halogenated alkanes) is 3. The zero-order chi connectivity index (χ0) is 13.8. The summed E-state index contributed by atoms with van der Waals surface area (Å²) in [5.41, 5.74) is 0. The van der Waals surface area contributed by atoms with Crippen LogP contribution in [0.15, 0.2) is 24.3 Å². The van der Waals surface area contributed by atoms with Crippen LogP contribution in [0.2, 0.25) is 0 Å². The monoisotopic (exact) mass is 256 g/mol. The number of hydrogen-bond donors (Lipinski definition) is 3. The number of carboxylic acid groups (broad SMARTS) is 1. The van der Waals surface area contributed by atoms with Crippen molar-refractivity contribution < 1.29 is 24.9 Å². The third-order valence-corrected chi connectivity index (χ3v) is 2.05. The molecule has 0 saturated heterocycles. The molecule has 1 rings (SSSR count). The van der Waals surface area contributed by atoms with Gasteiger partial charge in [-0.15, -0.1) is 0 Å². The van der Waals surface area contributed by atoms with E-state index in [1.165, 1.54) is 18.2 Å². The van der Waals surface area contributed by atoms with Crippen molar-refractivity contribution in [2.75, 3.05) is 6.61 Å². The van der Waals surface area contributed by atoms with E-state index in [2.05, 4.69) is 11.7 Å². The first-order valence-corrected chi connectivity index (χ1v) is 5.90. The molecule has 0 bridgehead atoms. The van der Waals surface area contributed by atoms with Crippen LogP contribution >= 0.6 is 0 Å². The number of ether oxygens (including phenoxy) is 1. The van der Waals surface area contributed by atoms with Crippen LogP contribution in [-0.2, 0) is 4.74 Å². The zero-order valence-electron chi connectivity index (χ0n) is 10.5. The number of aromatic hydroxyl groups is 2. The van der Waals surface area contributed by atoms with Gasteiger partial charge in [0, 0.05) is 6.07 Å². The van der Waals surface area contributed by atoms with Gasteiger partial charge in [-0.2, -0.15) is 0 Å². The van der Waals surface area contributed by atoms with Crippen molar-refractivity contribution in [3.8, 4) is 11.5 Å². The molecule has 0 atom stereocenters. The standard InChI is InChI=1S/C7H14O3.C6H6O2/c1-2-3-4-5-6-10-7(8)9;7-5-2-1-3-6(8)4-5/h2-6H2,1H3,(H,8,9);1-4,7-8H. The second-order valence-corrected chi connectivity index (χ2v) is 3.69. The van der Waals surface area contributed by atoms with Crippen LogP contribution in [0.4, 0.5) is 4.79 Å². The highest BCUT2D eigenvalue weighted by Crippen LogP contribution is 2.14. The summed E-state index contributed by atoms with van der Waals surface area (Å²) in [5, 5.41) is 25.4. The first-order chi connectivity index (χ1) is 8.56. The van der Waals surface area contributed by atoms with E-state index in [0.29, 0.717) is 6.61 Å². The molecule has 0 unspecified atom stereocenters. The van der Waals surface area contributed by atoms with Gasteiger partial charge in [-0.3, -0.25) is 0 Å². The Bertz CT molecular complexity index is 321. The van der Waals surface area contributed by atoms with E-state index in [4.69, 9.17) is 15.3 Å². The van der Waals surface area contributed by atoms with Crippen molar-refractivity contribution in [2.45, 2.75) is 32.6 Å². The normalized spacial score (nSPS) is 9.17. The predicted molar refractivity (Wildman–Crippen MR) is 67.9 cm³/mol. The number of phenols is 2. The quantitative estimate of drug-likeness (QED) is 0.555. The first kappa shape index (κ1) is 16.1. The van der Waals surface area contributed by atoms with Crippen LogP contribution in [-0.4, -0.2) is 28.1 Å². The number of phenolic OH excluding ortho intramolecular Hbond substituents is 2. The van der Waals surface area contributed by atoms with Crippen molar-refractivity contribution in [3.05, 3.63) is 24.3 Å². The van der Waals surface area contributed by atoms with Gasteiger partial charge in [-0.25, -0.2) is 4.79 Å². The van der Waals surface area contributed by atoms with Crippen molar-refractivity contribution in [3.63, 3.8) is 0 Å². The Hall–Kier alpha value is -1.91. The molecule has 5 nitrogen and oxygen atoms in total. The maximum absolute atomic E-state index is 9.81. The molecule has 0 amide bonds. The summed E-state index contributed by atoms with van der Waals surface area (Å²) in [7, 11) is 0. The van der Waals surface area contributed by atoms with Gasteiger partial charge < -0.3 is 20.1 Å². The van der Waals surface area contributed by atoms with E-state index in [-0.39, 0.29) is 11.5 Å². The predicted octanol–water partition coefficient (Wildman–Crippen LogP) is 3.36. The number of rotatable bonds is 5.